The molecule has 0 aliphatic carbocycles. The van der Waals surface area contributed by atoms with Crippen molar-refractivity contribution >= 4 is 28.6 Å². The van der Waals surface area contributed by atoms with Crippen molar-refractivity contribution in [1.82, 2.24) is 0 Å². The lowest BCUT2D eigenvalue weighted by Crippen LogP contribution is -2.12. The summed E-state index contributed by atoms with van der Waals surface area (Å²) in [6.45, 7) is 2.01. The summed E-state index contributed by atoms with van der Waals surface area (Å²) < 4.78 is 5.20. The standard InChI is InChI=1S/C15H16N2OS/c1-10-6-7-14(13(8-10)15(16)19)17-11-4-3-5-12(9-11)18-2/h3-9,17H,1-2H3,(H2,16,19). The number of nitrogens with one attached hydrogen (secondary N) is 1. The van der Waals surface area contributed by atoms with E-state index in [0.717, 1.165) is 28.3 Å². The third-order valence-corrected chi connectivity index (χ3v) is 3.01. The molecule has 3 N–H and O–H groups in total. The molecule has 0 aliphatic heterocycles. The third-order valence-electron chi connectivity index (χ3n) is 2.79. The van der Waals surface area contributed by atoms with Crippen LogP contribution in [0.2, 0.25) is 0 Å². The van der Waals surface area contributed by atoms with Crippen molar-refractivity contribution in [3.63, 3.8) is 0 Å². The molecule has 2 rings (SSSR count). The van der Waals surface area contributed by atoms with Gasteiger partial charge in [0.25, 0.3) is 0 Å². The van der Waals surface area contributed by atoms with Crippen LogP contribution in [0.15, 0.2) is 42.5 Å². The van der Waals surface area contributed by atoms with E-state index in [1.54, 1.807) is 7.11 Å². The Bertz CT molecular complexity index is 611. The van der Waals surface area contributed by atoms with Crippen LogP contribution in [-0.2, 0) is 0 Å². The first kappa shape index (κ1) is 13.4. The van der Waals surface area contributed by atoms with E-state index >= 15 is 0 Å². The third kappa shape index (κ3) is 3.23. The summed E-state index contributed by atoms with van der Waals surface area (Å²) in [6, 6.07) is 13.7. The maximum absolute atomic E-state index is 5.76. The van der Waals surface area contributed by atoms with Crippen LogP contribution in [0.1, 0.15) is 11.1 Å². The number of aryl methyl sites for hydroxylation is 1. The van der Waals surface area contributed by atoms with Gasteiger partial charge in [-0.3, -0.25) is 0 Å². The van der Waals surface area contributed by atoms with E-state index in [-0.39, 0.29) is 0 Å². The van der Waals surface area contributed by atoms with Crippen LogP contribution in [0.3, 0.4) is 0 Å². The number of hydrogen-bond acceptors (Lipinski definition) is 3. The molecule has 0 fully saturated rings. The fourth-order valence-corrected chi connectivity index (χ4v) is 2.00. The van der Waals surface area contributed by atoms with Crippen LogP contribution >= 0.6 is 12.2 Å². The summed E-state index contributed by atoms with van der Waals surface area (Å²) in [5, 5.41) is 3.31. The largest absolute Gasteiger partial charge is 0.497 e. The van der Waals surface area contributed by atoms with Gasteiger partial charge < -0.3 is 15.8 Å². The highest BCUT2D eigenvalue weighted by Gasteiger charge is 2.06. The zero-order chi connectivity index (χ0) is 13.8. The van der Waals surface area contributed by atoms with Crippen molar-refractivity contribution in [3.05, 3.63) is 53.6 Å². The molecule has 0 spiro atoms. The van der Waals surface area contributed by atoms with Crippen LogP contribution in [0, 0.1) is 6.92 Å². The Morgan fingerprint density at radius 3 is 2.68 bits per heavy atom. The van der Waals surface area contributed by atoms with Crippen LogP contribution in [0.5, 0.6) is 5.75 Å². The van der Waals surface area contributed by atoms with Crippen molar-refractivity contribution in [1.29, 1.82) is 0 Å². The monoisotopic (exact) mass is 272 g/mol. The molecule has 2 aromatic rings. The summed E-state index contributed by atoms with van der Waals surface area (Å²) in [7, 11) is 1.64. The molecule has 0 atom stereocenters. The number of ether oxygens (including phenoxy) is 1. The van der Waals surface area contributed by atoms with E-state index in [9.17, 15) is 0 Å². The molecule has 0 aromatic heterocycles. The van der Waals surface area contributed by atoms with Gasteiger partial charge in [0.2, 0.25) is 0 Å². The Morgan fingerprint density at radius 2 is 2.00 bits per heavy atom. The SMILES string of the molecule is COc1cccc(Nc2ccc(C)cc2C(N)=S)c1. The summed E-state index contributed by atoms with van der Waals surface area (Å²) in [6.07, 6.45) is 0. The second kappa shape index (κ2) is 5.71. The van der Waals surface area contributed by atoms with Gasteiger partial charge >= 0.3 is 0 Å². The number of rotatable bonds is 4. The highest BCUT2D eigenvalue weighted by molar-refractivity contribution is 7.80. The molecule has 0 unspecified atom stereocenters. The van der Waals surface area contributed by atoms with Crippen molar-refractivity contribution in [2.45, 2.75) is 6.92 Å². The van der Waals surface area contributed by atoms with E-state index in [4.69, 9.17) is 22.7 Å². The van der Waals surface area contributed by atoms with Crippen molar-refractivity contribution < 1.29 is 4.74 Å². The number of methoxy groups -OCH3 is 1. The van der Waals surface area contributed by atoms with Gasteiger partial charge in [-0.15, -0.1) is 0 Å². The minimum absolute atomic E-state index is 0.383. The molecule has 4 heteroatoms. The average Bonchev–Trinajstić information content (AvgIpc) is 2.41. The lowest BCUT2D eigenvalue weighted by Gasteiger charge is -2.12. The fourth-order valence-electron chi connectivity index (χ4n) is 1.83. The lowest BCUT2D eigenvalue weighted by atomic mass is 10.1. The van der Waals surface area contributed by atoms with E-state index in [1.807, 2.05) is 49.4 Å². The highest BCUT2D eigenvalue weighted by atomic mass is 32.1. The molecular formula is C15H16N2OS. The first-order chi connectivity index (χ1) is 9.10. The quantitative estimate of drug-likeness (QED) is 0.838. The van der Waals surface area contributed by atoms with E-state index in [0.29, 0.717) is 4.99 Å². The predicted molar refractivity (Wildman–Crippen MR) is 83.3 cm³/mol. The Kier molecular flexibility index (Phi) is 4.02. The Hall–Kier alpha value is -2.07. The molecule has 3 nitrogen and oxygen atoms in total. The molecule has 0 saturated heterocycles. The molecule has 0 amide bonds. The second-order valence-corrected chi connectivity index (χ2v) is 4.71. The molecule has 2 aromatic carbocycles. The summed E-state index contributed by atoms with van der Waals surface area (Å²) >= 11 is 5.09. The predicted octanol–water partition coefficient (Wildman–Crippen LogP) is 3.38. The van der Waals surface area contributed by atoms with Gasteiger partial charge in [0.05, 0.1) is 7.11 Å². The summed E-state index contributed by atoms with van der Waals surface area (Å²) in [5.74, 6) is 0.800. The van der Waals surface area contributed by atoms with Gasteiger partial charge in [-0.05, 0) is 31.2 Å². The number of thiocarbonyl (C=S) groups is 1. The van der Waals surface area contributed by atoms with Crippen LogP contribution < -0.4 is 15.8 Å². The smallest absolute Gasteiger partial charge is 0.120 e. The molecule has 0 heterocycles. The first-order valence-corrected chi connectivity index (χ1v) is 6.32. The number of hydrogen-bond donors (Lipinski definition) is 2. The minimum Gasteiger partial charge on any atom is -0.497 e. The zero-order valence-corrected chi connectivity index (χ0v) is 11.8. The second-order valence-electron chi connectivity index (χ2n) is 4.27. The molecule has 0 radical (unpaired) electrons. The van der Waals surface area contributed by atoms with Gasteiger partial charge in [-0.1, -0.05) is 29.9 Å². The molecule has 0 aliphatic rings. The van der Waals surface area contributed by atoms with Gasteiger partial charge in [0.1, 0.15) is 10.7 Å². The first-order valence-electron chi connectivity index (χ1n) is 5.91. The Morgan fingerprint density at radius 1 is 1.21 bits per heavy atom. The van der Waals surface area contributed by atoms with E-state index in [2.05, 4.69) is 5.32 Å². The molecule has 19 heavy (non-hydrogen) atoms. The normalized spacial score (nSPS) is 10.0. The molecular weight excluding hydrogens is 256 g/mol. The van der Waals surface area contributed by atoms with Gasteiger partial charge in [0, 0.05) is 23.0 Å². The maximum atomic E-state index is 5.76. The number of nitrogens with two attached hydrogens (primary N) is 1. The van der Waals surface area contributed by atoms with Crippen molar-refractivity contribution in [2.24, 2.45) is 5.73 Å². The summed E-state index contributed by atoms with van der Waals surface area (Å²) in [5.41, 5.74) is 9.56. The van der Waals surface area contributed by atoms with E-state index in [1.165, 1.54) is 0 Å². The lowest BCUT2D eigenvalue weighted by molar-refractivity contribution is 0.415. The van der Waals surface area contributed by atoms with Crippen molar-refractivity contribution in [3.8, 4) is 5.75 Å². The zero-order valence-electron chi connectivity index (χ0n) is 10.9. The number of anilines is 2. The summed E-state index contributed by atoms with van der Waals surface area (Å²) in [4.78, 5) is 0.383. The Balaban J connectivity index is 2.34. The van der Waals surface area contributed by atoms with Gasteiger partial charge in [0.15, 0.2) is 0 Å². The fraction of sp³-hybridized carbons (Fsp3) is 0.133. The van der Waals surface area contributed by atoms with Crippen LogP contribution in [0.4, 0.5) is 11.4 Å². The Labute approximate surface area is 118 Å². The topological polar surface area (TPSA) is 47.3 Å². The average molecular weight is 272 g/mol. The molecule has 0 bridgehead atoms. The minimum atomic E-state index is 0.383. The van der Waals surface area contributed by atoms with Gasteiger partial charge in [-0.2, -0.15) is 0 Å². The van der Waals surface area contributed by atoms with Crippen molar-refractivity contribution in [2.75, 3.05) is 12.4 Å². The highest BCUT2D eigenvalue weighted by Crippen LogP contribution is 2.24. The van der Waals surface area contributed by atoms with E-state index < -0.39 is 0 Å². The van der Waals surface area contributed by atoms with Gasteiger partial charge in [-0.25, -0.2) is 0 Å². The molecule has 98 valence electrons. The van der Waals surface area contributed by atoms with Crippen LogP contribution in [-0.4, -0.2) is 12.1 Å². The molecule has 0 saturated carbocycles. The van der Waals surface area contributed by atoms with Crippen LogP contribution in [0.25, 0.3) is 0 Å². The maximum Gasteiger partial charge on any atom is 0.120 e. The number of benzene rings is 2.